The second-order valence-corrected chi connectivity index (χ2v) is 3.54. The standard InChI is InChI=1S/C11H14N2O2/c12-6-9(14)11(15)8-3-1-2-7-4-5-13-10(7)8/h1-5,9,11,13-15H,6,12H2. The Morgan fingerprint density at radius 1 is 1.27 bits per heavy atom. The van der Waals surface area contributed by atoms with Gasteiger partial charge in [-0.1, -0.05) is 18.2 Å². The average Bonchev–Trinajstić information content (AvgIpc) is 2.74. The normalized spacial score (nSPS) is 15.4. The first-order valence-electron chi connectivity index (χ1n) is 4.86. The molecule has 4 heteroatoms. The first-order valence-corrected chi connectivity index (χ1v) is 4.86. The summed E-state index contributed by atoms with van der Waals surface area (Å²) in [6.07, 6.45) is -0.0772. The Hall–Kier alpha value is -1.36. The molecule has 0 saturated carbocycles. The molecule has 2 unspecified atom stereocenters. The number of aromatic amines is 1. The molecule has 1 aromatic carbocycles. The highest BCUT2D eigenvalue weighted by molar-refractivity contribution is 5.82. The van der Waals surface area contributed by atoms with Crippen LogP contribution in [0.3, 0.4) is 0 Å². The van der Waals surface area contributed by atoms with Crippen molar-refractivity contribution in [2.75, 3.05) is 6.54 Å². The number of hydrogen-bond donors (Lipinski definition) is 4. The van der Waals surface area contributed by atoms with E-state index in [0.29, 0.717) is 5.56 Å². The van der Waals surface area contributed by atoms with Crippen LogP contribution in [0.2, 0.25) is 0 Å². The maximum atomic E-state index is 9.86. The van der Waals surface area contributed by atoms with Gasteiger partial charge in [0.2, 0.25) is 0 Å². The molecule has 0 aliphatic rings. The summed E-state index contributed by atoms with van der Waals surface area (Å²) in [7, 11) is 0. The van der Waals surface area contributed by atoms with Crippen LogP contribution in [0.25, 0.3) is 10.9 Å². The van der Waals surface area contributed by atoms with Crippen LogP contribution in [0.1, 0.15) is 11.7 Å². The van der Waals surface area contributed by atoms with Gasteiger partial charge in [-0.2, -0.15) is 0 Å². The van der Waals surface area contributed by atoms with Crippen LogP contribution in [0.4, 0.5) is 0 Å². The molecule has 0 saturated heterocycles. The third kappa shape index (κ3) is 1.74. The zero-order valence-electron chi connectivity index (χ0n) is 8.22. The van der Waals surface area contributed by atoms with Gasteiger partial charge >= 0.3 is 0 Å². The van der Waals surface area contributed by atoms with Crippen LogP contribution >= 0.6 is 0 Å². The zero-order chi connectivity index (χ0) is 10.8. The molecule has 0 fully saturated rings. The minimum Gasteiger partial charge on any atom is -0.389 e. The van der Waals surface area contributed by atoms with E-state index in [4.69, 9.17) is 5.73 Å². The van der Waals surface area contributed by atoms with Crippen molar-refractivity contribution < 1.29 is 10.2 Å². The van der Waals surface area contributed by atoms with Gasteiger partial charge in [-0.25, -0.2) is 0 Å². The van der Waals surface area contributed by atoms with Gasteiger partial charge in [0.15, 0.2) is 0 Å². The molecule has 0 spiro atoms. The predicted molar refractivity (Wildman–Crippen MR) is 58.3 cm³/mol. The lowest BCUT2D eigenvalue weighted by atomic mass is 10.0. The lowest BCUT2D eigenvalue weighted by Crippen LogP contribution is -2.27. The van der Waals surface area contributed by atoms with Gasteiger partial charge in [0.25, 0.3) is 0 Å². The summed E-state index contributed by atoms with van der Waals surface area (Å²) in [6, 6.07) is 7.48. The first kappa shape index (κ1) is 10.2. The summed E-state index contributed by atoms with van der Waals surface area (Å²) in [5.74, 6) is 0. The molecule has 0 bridgehead atoms. The van der Waals surface area contributed by atoms with Gasteiger partial charge in [-0.05, 0) is 11.5 Å². The number of fused-ring (bicyclic) bond motifs is 1. The van der Waals surface area contributed by atoms with Gasteiger partial charge in [-0.15, -0.1) is 0 Å². The van der Waals surface area contributed by atoms with E-state index in [1.54, 1.807) is 12.3 Å². The van der Waals surface area contributed by atoms with Crippen LogP contribution in [0.5, 0.6) is 0 Å². The monoisotopic (exact) mass is 206 g/mol. The minimum absolute atomic E-state index is 0.0399. The Balaban J connectivity index is 2.46. The number of aliphatic hydroxyl groups is 2. The van der Waals surface area contributed by atoms with Crippen molar-refractivity contribution in [3.05, 3.63) is 36.0 Å². The van der Waals surface area contributed by atoms with Crippen molar-refractivity contribution in [3.63, 3.8) is 0 Å². The van der Waals surface area contributed by atoms with Gasteiger partial charge in [0.05, 0.1) is 11.6 Å². The number of benzene rings is 1. The molecule has 0 aliphatic carbocycles. The fourth-order valence-electron chi connectivity index (χ4n) is 1.69. The SMILES string of the molecule is NCC(O)C(O)c1cccc2cc[nH]c12. The molecule has 2 aromatic rings. The fourth-order valence-corrected chi connectivity index (χ4v) is 1.69. The van der Waals surface area contributed by atoms with Crippen LogP contribution < -0.4 is 5.73 Å². The quantitative estimate of drug-likeness (QED) is 0.591. The number of rotatable bonds is 3. The van der Waals surface area contributed by atoms with E-state index in [0.717, 1.165) is 10.9 Å². The largest absolute Gasteiger partial charge is 0.389 e. The van der Waals surface area contributed by atoms with Gasteiger partial charge in [0, 0.05) is 18.3 Å². The molecule has 1 heterocycles. The molecule has 2 atom stereocenters. The van der Waals surface area contributed by atoms with Gasteiger partial charge in [-0.3, -0.25) is 0 Å². The number of hydrogen-bond acceptors (Lipinski definition) is 3. The summed E-state index contributed by atoms with van der Waals surface area (Å²) in [5, 5.41) is 20.4. The molecule has 5 N–H and O–H groups in total. The predicted octanol–water partition coefficient (Wildman–Crippen LogP) is 0.521. The molecule has 80 valence electrons. The highest BCUT2D eigenvalue weighted by Gasteiger charge is 2.19. The molecule has 15 heavy (non-hydrogen) atoms. The lowest BCUT2D eigenvalue weighted by Gasteiger charge is -2.16. The second kappa shape index (κ2) is 4.02. The Morgan fingerprint density at radius 2 is 2.07 bits per heavy atom. The van der Waals surface area contributed by atoms with Crippen LogP contribution in [0, 0.1) is 0 Å². The summed E-state index contributed by atoms with van der Waals surface area (Å²) in [4.78, 5) is 3.04. The van der Waals surface area contributed by atoms with E-state index in [2.05, 4.69) is 4.98 Å². The van der Waals surface area contributed by atoms with Crippen molar-refractivity contribution >= 4 is 10.9 Å². The molecule has 1 aromatic heterocycles. The summed E-state index contributed by atoms with van der Waals surface area (Å²) in [5.41, 5.74) is 6.83. The molecule has 0 amide bonds. The van der Waals surface area contributed by atoms with Crippen molar-refractivity contribution in [1.29, 1.82) is 0 Å². The van der Waals surface area contributed by atoms with E-state index in [1.165, 1.54) is 0 Å². The van der Waals surface area contributed by atoms with Gasteiger partial charge in [0.1, 0.15) is 6.10 Å². The first-order chi connectivity index (χ1) is 7.24. The summed E-state index contributed by atoms with van der Waals surface area (Å²) in [6.45, 7) is 0.0399. The molecule has 2 rings (SSSR count). The number of aliphatic hydroxyl groups excluding tert-OH is 2. The van der Waals surface area contributed by atoms with Crippen LogP contribution in [-0.4, -0.2) is 27.8 Å². The maximum Gasteiger partial charge on any atom is 0.108 e. The van der Waals surface area contributed by atoms with Crippen molar-refractivity contribution in [1.82, 2.24) is 4.98 Å². The third-order valence-electron chi connectivity index (χ3n) is 2.54. The number of H-pyrrole nitrogens is 1. The summed E-state index contributed by atoms with van der Waals surface area (Å²) >= 11 is 0. The van der Waals surface area contributed by atoms with E-state index in [1.807, 2.05) is 18.2 Å². The Morgan fingerprint density at radius 3 is 2.80 bits per heavy atom. The summed E-state index contributed by atoms with van der Waals surface area (Å²) < 4.78 is 0. The zero-order valence-corrected chi connectivity index (χ0v) is 8.22. The van der Waals surface area contributed by atoms with Gasteiger partial charge < -0.3 is 20.9 Å². The van der Waals surface area contributed by atoms with Crippen LogP contribution in [0.15, 0.2) is 30.5 Å². The van der Waals surface area contributed by atoms with E-state index in [-0.39, 0.29) is 6.54 Å². The fraction of sp³-hybridized carbons (Fsp3) is 0.273. The molecule has 0 aliphatic heterocycles. The van der Waals surface area contributed by atoms with Crippen molar-refractivity contribution in [3.8, 4) is 0 Å². The van der Waals surface area contributed by atoms with Crippen molar-refractivity contribution in [2.45, 2.75) is 12.2 Å². The van der Waals surface area contributed by atoms with E-state index < -0.39 is 12.2 Å². The second-order valence-electron chi connectivity index (χ2n) is 3.54. The van der Waals surface area contributed by atoms with Crippen LogP contribution in [-0.2, 0) is 0 Å². The third-order valence-corrected chi connectivity index (χ3v) is 2.54. The molecule has 4 nitrogen and oxygen atoms in total. The highest BCUT2D eigenvalue weighted by Crippen LogP contribution is 2.24. The number of nitrogens with one attached hydrogen (secondary N) is 1. The Kier molecular flexibility index (Phi) is 2.73. The molecular weight excluding hydrogens is 192 g/mol. The lowest BCUT2D eigenvalue weighted by molar-refractivity contribution is 0.0251. The minimum atomic E-state index is -0.947. The Labute approximate surface area is 87.3 Å². The number of nitrogens with two attached hydrogens (primary N) is 1. The maximum absolute atomic E-state index is 9.86. The number of aromatic nitrogens is 1. The topological polar surface area (TPSA) is 82.3 Å². The van der Waals surface area contributed by atoms with E-state index >= 15 is 0 Å². The molecular formula is C11H14N2O2. The average molecular weight is 206 g/mol. The number of para-hydroxylation sites is 1. The Bertz CT molecular complexity index is 453. The smallest absolute Gasteiger partial charge is 0.108 e. The van der Waals surface area contributed by atoms with E-state index in [9.17, 15) is 10.2 Å². The molecule has 0 radical (unpaired) electrons. The highest BCUT2D eigenvalue weighted by atomic mass is 16.3. The van der Waals surface area contributed by atoms with Crippen molar-refractivity contribution in [2.24, 2.45) is 5.73 Å².